The fourth-order valence-electron chi connectivity index (χ4n) is 1.91. The highest BCUT2D eigenvalue weighted by molar-refractivity contribution is 6.30. The summed E-state index contributed by atoms with van der Waals surface area (Å²) in [7, 11) is 1.57. The van der Waals surface area contributed by atoms with E-state index in [2.05, 4.69) is 16.0 Å². The van der Waals surface area contributed by atoms with Gasteiger partial charge in [-0.25, -0.2) is 4.79 Å². The van der Waals surface area contributed by atoms with Crippen molar-refractivity contribution in [1.29, 1.82) is 0 Å². The Morgan fingerprint density at radius 3 is 2.21 bits per heavy atom. The van der Waals surface area contributed by atoms with Gasteiger partial charge in [-0.15, -0.1) is 0 Å². The zero-order valence-corrected chi connectivity index (χ0v) is 13.9. The standard InChI is InChI=1S/C17H18ClN3O3/c1-24-15-8-2-12(3-9-15)16(22)19-10-11-20-17(23)21-14-6-4-13(18)5-7-14/h2-9H,10-11H2,1H3,(H,19,22)(H2,20,21,23). The summed E-state index contributed by atoms with van der Waals surface area (Å²) in [5.74, 6) is 0.477. The monoisotopic (exact) mass is 347 g/mol. The molecule has 0 saturated heterocycles. The normalized spacial score (nSPS) is 9.92. The fraction of sp³-hybridized carbons (Fsp3) is 0.176. The van der Waals surface area contributed by atoms with Crippen LogP contribution in [0.5, 0.6) is 5.75 Å². The fourth-order valence-corrected chi connectivity index (χ4v) is 2.03. The topological polar surface area (TPSA) is 79.5 Å². The summed E-state index contributed by atoms with van der Waals surface area (Å²) in [5, 5.41) is 8.64. The van der Waals surface area contributed by atoms with E-state index in [4.69, 9.17) is 16.3 Å². The van der Waals surface area contributed by atoms with Crippen LogP contribution in [0.3, 0.4) is 0 Å². The summed E-state index contributed by atoms with van der Waals surface area (Å²) in [5.41, 5.74) is 1.17. The smallest absolute Gasteiger partial charge is 0.319 e. The molecule has 0 fully saturated rings. The van der Waals surface area contributed by atoms with Crippen molar-refractivity contribution in [1.82, 2.24) is 10.6 Å². The number of ether oxygens (including phenoxy) is 1. The van der Waals surface area contributed by atoms with Gasteiger partial charge in [0.05, 0.1) is 7.11 Å². The van der Waals surface area contributed by atoms with Crippen molar-refractivity contribution in [2.45, 2.75) is 0 Å². The number of halogens is 1. The second-order valence-corrected chi connectivity index (χ2v) is 5.31. The Morgan fingerprint density at radius 1 is 0.958 bits per heavy atom. The molecular formula is C17H18ClN3O3. The van der Waals surface area contributed by atoms with E-state index in [0.29, 0.717) is 35.1 Å². The molecule has 3 N–H and O–H groups in total. The Labute approximate surface area is 145 Å². The summed E-state index contributed by atoms with van der Waals surface area (Å²) < 4.78 is 5.04. The molecule has 0 spiro atoms. The third kappa shape index (κ3) is 5.48. The van der Waals surface area contributed by atoms with E-state index in [1.54, 1.807) is 55.6 Å². The number of benzene rings is 2. The molecule has 6 nitrogen and oxygen atoms in total. The molecule has 0 atom stereocenters. The van der Waals surface area contributed by atoms with Crippen LogP contribution in [0.4, 0.5) is 10.5 Å². The number of methoxy groups -OCH3 is 1. The molecule has 3 amide bonds. The number of carbonyl (C=O) groups excluding carboxylic acids is 2. The van der Waals surface area contributed by atoms with E-state index < -0.39 is 0 Å². The molecular weight excluding hydrogens is 330 g/mol. The van der Waals surface area contributed by atoms with E-state index in [-0.39, 0.29) is 11.9 Å². The Hall–Kier alpha value is -2.73. The maximum Gasteiger partial charge on any atom is 0.319 e. The van der Waals surface area contributed by atoms with Gasteiger partial charge in [-0.2, -0.15) is 0 Å². The van der Waals surface area contributed by atoms with Crippen LogP contribution >= 0.6 is 11.6 Å². The number of anilines is 1. The lowest BCUT2D eigenvalue weighted by molar-refractivity contribution is 0.0954. The first-order chi connectivity index (χ1) is 11.6. The third-order valence-electron chi connectivity index (χ3n) is 3.15. The molecule has 0 saturated carbocycles. The maximum atomic E-state index is 11.9. The first kappa shape index (κ1) is 17.6. The lowest BCUT2D eigenvalue weighted by Crippen LogP contribution is -2.36. The van der Waals surface area contributed by atoms with Crippen LogP contribution in [-0.2, 0) is 0 Å². The van der Waals surface area contributed by atoms with Gasteiger partial charge in [-0.3, -0.25) is 4.79 Å². The summed E-state index contributed by atoms with van der Waals surface area (Å²) in [6, 6.07) is 13.2. The highest BCUT2D eigenvalue weighted by Crippen LogP contribution is 2.13. The molecule has 2 aromatic rings. The average Bonchev–Trinajstić information content (AvgIpc) is 2.60. The van der Waals surface area contributed by atoms with Crippen molar-refractivity contribution in [2.24, 2.45) is 0 Å². The van der Waals surface area contributed by atoms with Gasteiger partial charge in [0.25, 0.3) is 5.91 Å². The molecule has 2 rings (SSSR count). The Bertz CT molecular complexity index is 687. The molecule has 0 aliphatic carbocycles. The number of amides is 3. The number of carbonyl (C=O) groups is 2. The third-order valence-corrected chi connectivity index (χ3v) is 3.40. The number of hydrogen-bond acceptors (Lipinski definition) is 3. The molecule has 0 aromatic heterocycles. The van der Waals surface area contributed by atoms with E-state index in [1.165, 1.54) is 0 Å². The molecule has 0 heterocycles. The van der Waals surface area contributed by atoms with Gasteiger partial charge in [0.2, 0.25) is 0 Å². The number of hydrogen-bond donors (Lipinski definition) is 3. The average molecular weight is 348 g/mol. The molecule has 0 unspecified atom stereocenters. The zero-order chi connectivity index (χ0) is 17.4. The Kier molecular flexibility index (Phi) is 6.45. The number of nitrogens with one attached hydrogen (secondary N) is 3. The summed E-state index contributed by atoms with van der Waals surface area (Å²) in [4.78, 5) is 23.6. The van der Waals surface area contributed by atoms with Crippen LogP contribution < -0.4 is 20.7 Å². The van der Waals surface area contributed by atoms with Crippen LogP contribution in [0.1, 0.15) is 10.4 Å². The molecule has 7 heteroatoms. The van der Waals surface area contributed by atoms with Crippen molar-refractivity contribution < 1.29 is 14.3 Å². The SMILES string of the molecule is COc1ccc(C(=O)NCCNC(=O)Nc2ccc(Cl)cc2)cc1. The van der Waals surface area contributed by atoms with Crippen LogP contribution in [-0.4, -0.2) is 32.1 Å². The summed E-state index contributed by atoms with van der Waals surface area (Å²) in [6.07, 6.45) is 0. The second-order valence-electron chi connectivity index (χ2n) is 4.87. The van der Waals surface area contributed by atoms with Crippen LogP contribution in [0.2, 0.25) is 5.02 Å². The molecule has 0 radical (unpaired) electrons. The van der Waals surface area contributed by atoms with E-state index in [9.17, 15) is 9.59 Å². The maximum absolute atomic E-state index is 11.9. The van der Waals surface area contributed by atoms with Crippen LogP contribution in [0, 0.1) is 0 Å². The predicted molar refractivity (Wildman–Crippen MR) is 93.8 cm³/mol. The molecule has 126 valence electrons. The van der Waals surface area contributed by atoms with Crippen molar-refractivity contribution in [3.8, 4) is 5.75 Å². The van der Waals surface area contributed by atoms with Gasteiger partial charge in [-0.05, 0) is 48.5 Å². The number of urea groups is 1. The van der Waals surface area contributed by atoms with Crippen molar-refractivity contribution >= 4 is 29.2 Å². The van der Waals surface area contributed by atoms with Gasteiger partial charge < -0.3 is 20.7 Å². The lowest BCUT2D eigenvalue weighted by atomic mass is 10.2. The Balaban J connectivity index is 1.68. The first-order valence-electron chi connectivity index (χ1n) is 7.31. The first-order valence-corrected chi connectivity index (χ1v) is 7.69. The highest BCUT2D eigenvalue weighted by Gasteiger charge is 2.05. The molecule has 0 bridgehead atoms. The molecule has 24 heavy (non-hydrogen) atoms. The molecule has 2 aromatic carbocycles. The largest absolute Gasteiger partial charge is 0.497 e. The Morgan fingerprint density at radius 2 is 1.58 bits per heavy atom. The van der Waals surface area contributed by atoms with Crippen LogP contribution in [0.15, 0.2) is 48.5 Å². The second kappa shape index (κ2) is 8.79. The van der Waals surface area contributed by atoms with Gasteiger partial charge in [-0.1, -0.05) is 11.6 Å². The zero-order valence-electron chi connectivity index (χ0n) is 13.1. The van der Waals surface area contributed by atoms with E-state index >= 15 is 0 Å². The highest BCUT2D eigenvalue weighted by atomic mass is 35.5. The minimum Gasteiger partial charge on any atom is -0.497 e. The van der Waals surface area contributed by atoms with E-state index in [0.717, 1.165) is 0 Å². The van der Waals surface area contributed by atoms with Crippen molar-refractivity contribution in [3.63, 3.8) is 0 Å². The van der Waals surface area contributed by atoms with Gasteiger partial charge in [0.1, 0.15) is 5.75 Å². The van der Waals surface area contributed by atoms with Crippen molar-refractivity contribution in [3.05, 3.63) is 59.1 Å². The minimum atomic E-state index is -0.351. The summed E-state index contributed by atoms with van der Waals surface area (Å²) >= 11 is 5.77. The quantitative estimate of drug-likeness (QED) is 0.703. The molecule has 0 aliphatic rings. The van der Waals surface area contributed by atoms with Crippen molar-refractivity contribution in [2.75, 3.05) is 25.5 Å². The van der Waals surface area contributed by atoms with Gasteiger partial charge in [0, 0.05) is 29.4 Å². The summed E-state index contributed by atoms with van der Waals surface area (Å²) in [6.45, 7) is 0.625. The van der Waals surface area contributed by atoms with Gasteiger partial charge >= 0.3 is 6.03 Å². The van der Waals surface area contributed by atoms with Crippen LogP contribution in [0.25, 0.3) is 0 Å². The number of rotatable bonds is 6. The minimum absolute atomic E-state index is 0.211. The van der Waals surface area contributed by atoms with E-state index in [1.807, 2.05) is 0 Å². The van der Waals surface area contributed by atoms with Gasteiger partial charge in [0.15, 0.2) is 0 Å². The predicted octanol–water partition coefficient (Wildman–Crippen LogP) is 2.90. The molecule has 0 aliphatic heterocycles. The lowest BCUT2D eigenvalue weighted by Gasteiger charge is -2.09.